The highest BCUT2D eigenvalue weighted by atomic mass is 35.5. The summed E-state index contributed by atoms with van der Waals surface area (Å²) in [5, 5.41) is 5.70. The van der Waals surface area contributed by atoms with Crippen molar-refractivity contribution >= 4 is 22.6 Å². The number of fused-ring (bicyclic) bond motifs is 1. The Kier molecular flexibility index (Phi) is 3.54. The first-order chi connectivity index (χ1) is 11.7. The quantitative estimate of drug-likeness (QED) is 0.537. The minimum absolute atomic E-state index is 0.386. The first-order valence-electron chi connectivity index (χ1n) is 7.64. The normalized spacial score (nSPS) is 11.3. The molecule has 0 atom stereocenters. The van der Waals surface area contributed by atoms with Gasteiger partial charge in [0.15, 0.2) is 5.65 Å². The lowest BCUT2D eigenvalue weighted by atomic mass is 10.1. The van der Waals surface area contributed by atoms with Crippen LogP contribution in [0.15, 0.2) is 43.1 Å². The van der Waals surface area contributed by atoms with E-state index in [0.717, 1.165) is 28.9 Å². The minimum Gasteiger partial charge on any atom is -0.297 e. The highest BCUT2D eigenvalue weighted by Gasteiger charge is 2.19. The van der Waals surface area contributed by atoms with Crippen LogP contribution in [-0.2, 0) is 13.5 Å². The smallest absolute Gasteiger partial charge is 0.163 e. The first kappa shape index (κ1) is 14.8. The van der Waals surface area contributed by atoms with Crippen LogP contribution in [0.3, 0.4) is 0 Å². The molecule has 0 aliphatic rings. The highest BCUT2D eigenvalue weighted by molar-refractivity contribution is 6.34. The monoisotopic (exact) mass is 338 g/mol. The van der Waals surface area contributed by atoms with Crippen LogP contribution in [0.4, 0.5) is 0 Å². The van der Waals surface area contributed by atoms with Gasteiger partial charge in [0, 0.05) is 12.7 Å². The van der Waals surface area contributed by atoms with Crippen LogP contribution in [0.2, 0.25) is 5.15 Å². The molecule has 3 heterocycles. The van der Waals surface area contributed by atoms with E-state index in [0.29, 0.717) is 10.8 Å². The summed E-state index contributed by atoms with van der Waals surface area (Å²) in [6, 6.07) is 8.39. The molecule has 0 aliphatic heterocycles. The third-order valence-electron chi connectivity index (χ3n) is 4.08. The molecule has 0 spiro atoms. The van der Waals surface area contributed by atoms with E-state index in [4.69, 9.17) is 11.6 Å². The summed E-state index contributed by atoms with van der Waals surface area (Å²) in [5.41, 5.74) is 4.57. The molecule has 0 bridgehead atoms. The standard InChI is InChI=1S/C17H15ClN6/c1-3-11-4-6-12(7-5-11)24-10-19-8-13(24)15-14-16(18)20-9-21-17(14)23(2)22-15/h4-10H,3H2,1-2H3. The zero-order valence-corrected chi connectivity index (χ0v) is 14.1. The second-order valence-corrected chi connectivity index (χ2v) is 5.86. The van der Waals surface area contributed by atoms with Gasteiger partial charge < -0.3 is 0 Å². The maximum Gasteiger partial charge on any atom is 0.163 e. The Hall–Kier alpha value is -2.73. The van der Waals surface area contributed by atoms with E-state index in [1.165, 1.54) is 11.9 Å². The van der Waals surface area contributed by atoms with Crippen molar-refractivity contribution < 1.29 is 0 Å². The summed E-state index contributed by atoms with van der Waals surface area (Å²) < 4.78 is 3.69. The molecule has 0 fully saturated rings. The van der Waals surface area contributed by atoms with Gasteiger partial charge in [0.05, 0.1) is 23.6 Å². The SMILES string of the molecule is CCc1ccc(-n2cncc2-c2nn(C)c3ncnc(Cl)c23)cc1. The van der Waals surface area contributed by atoms with Crippen molar-refractivity contribution in [2.75, 3.05) is 0 Å². The summed E-state index contributed by atoms with van der Waals surface area (Å²) in [7, 11) is 1.84. The number of aromatic nitrogens is 6. The number of halogens is 1. The first-order valence-corrected chi connectivity index (χ1v) is 8.02. The van der Waals surface area contributed by atoms with Crippen LogP contribution in [0.1, 0.15) is 12.5 Å². The molecule has 24 heavy (non-hydrogen) atoms. The van der Waals surface area contributed by atoms with Crippen molar-refractivity contribution in [1.29, 1.82) is 0 Å². The van der Waals surface area contributed by atoms with Crippen molar-refractivity contribution in [2.45, 2.75) is 13.3 Å². The van der Waals surface area contributed by atoms with Gasteiger partial charge in [-0.15, -0.1) is 0 Å². The fourth-order valence-corrected chi connectivity index (χ4v) is 3.02. The fourth-order valence-electron chi connectivity index (χ4n) is 2.80. The molecule has 1 aromatic carbocycles. The molecule has 0 saturated heterocycles. The van der Waals surface area contributed by atoms with E-state index in [1.807, 2.05) is 11.6 Å². The Morgan fingerprint density at radius 2 is 1.92 bits per heavy atom. The number of nitrogens with zero attached hydrogens (tertiary/aromatic N) is 6. The zero-order valence-electron chi connectivity index (χ0n) is 13.3. The fraction of sp³-hybridized carbons (Fsp3) is 0.176. The third-order valence-corrected chi connectivity index (χ3v) is 4.36. The van der Waals surface area contributed by atoms with Crippen molar-refractivity contribution in [2.24, 2.45) is 7.05 Å². The molecule has 0 amide bonds. The van der Waals surface area contributed by atoms with Gasteiger partial charge in [-0.3, -0.25) is 4.57 Å². The molecule has 4 rings (SSSR count). The number of hydrogen-bond acceptors (Lipinski definition) is 4. The summed E-state index contributed by atoms with van der Waals surface area (Å²) in [6.07, 6.45) is 6.00. The molecule has 3 aromatic heterocycles. The van der Waals surface area contributed by atoms with Crippen LogP contribution in [-0.4, -0.2) is 29.3 Å². The van der Waals surface area contributed by atoms with Crippen LogP contribution < -0.4 is 0 Å². The van der Waals surface area contributed by atoms with Crippen LogP contribution >= 0.6 is 11.6 Å². The van der Waals surface area contributed by atoms with Crippen LogP contribution in [0.25, 0.3) is 28.1 Å². The molecule has 4 aromatic rings. The summed E-state index contributed by atoms with van der Waals surface area (Å²) in [4.78, 5) is 12.7. The number of rotatable bonds is 3. The maximum atomic E-state index is 6.30. The number of benzene rings is 1. The van der Waals surface area contributed by atoms with Crippen LogP contribution in [0, 0.1) is 0 Å². The Bertz CT molecular complexity index is 1020. The Morgan fingerprint density at radius 1 is 1.12 bits per heavy atom. The van der Waals surface area contributed by atoms with Gasteiger partial charge in [0.25, 0.3) is 0 Å². The highest BCUT2D eigenvalue weighted by Crippen LogP contribution is 2.31. The maximum absolute atomic E-state index is 6.30. The van der Waals surface area contributed by atoms with E-state index < -0.39 is 0 Å². The summed E-state index contributed by atoms with van der Waals surface area (Å²) >= 11 is 6.30. The predicted molar refractivity (Wildman–Crippen MR) is 93.2 cm³/mol. The molecule has 0 radical (unpaired) electrons. The average Bonchev–Trinajstić information content (AvgIpc) is 3.21. The van der Waals surface area contributed by atoms with Gasteiger partial charge in [0.2, 0.25) is 0 Å². The molecule has 7 heteroatoms. The predicted octanol–water partition coefficient (Wildman–Crippen LogP) is 3.43. The van der Waals surface area contributed by atoms with Gasteiger partial charge in [-0.05, 0) is 24.1 Å². The minimum atomic E-state index is 0.386. The van der Waals surface area contributed by atoms with Gasteiger partial charge in [-0.2, -0.15) is 5.10 Å². The lowest BCUT2D eigenvalue weighted by Gasteiger charge is -2.07. The second-order valence-electron chi connectivity index (χ2n) is 5.50. The topological polar surface area (TPSA) is 61.4 Å². The molecular formula is C17H15ClN6. The average molecular weight is 339 g/mol. The van der Waals surface area contributed by atoms with E-state index in [2.05, 4.69) is 51.2 Å². The summed E-state index contributed by atoms with van der Waals surface area (Å²) in [5.74, 6) is 0. The molecule has 0 N–H and O–H groups in total. The van der Waals surface area contributed by atoms with Crippen molar-refractivity contribution in [1.82, 2.24) is 29.3 Å². The molecule has 0 saturated carbocycles. The molecule has 0 unspecified atom stereocenters. The molecule has 0 aliphatic carbocycles. The van der Waals surface area contributed by atoms with Crippen molar-refractivity contribution in [3.8, 4) is 17.1 Å². The van der Waals surface area contributed by atoms with Crippen molar-refractivity contribution in [3.05, 3.63) is 53.8 Å². The molecular weight excluding hydrogens is 324 g/mol. The van der Waals surface area contributed by atoms with E-state index in [1.54, 1.807) is 17.2 Å². The molecule has 6 nitrogen and oxygen atoms in total. The van der Waals surface area contributed by atoms with E-state index >= 15 is 0 Å². The Morgan fingerprint density at radius 3 is 2.67 bits per heavy atom. The third kappa shape index (κ3) is 2.27. The van der Waals surface area contributed by atoms with Gasteiger partial charge in [-0.1, -0.05) is 30.7 Å². The second kappa shape index (κ2) is 5.72. The van der Waals surface area contributed by atoms with Gasteiger partial charge in [-0.25, -0.2) is 19.6 Å². The Balaban J connectivity index is 1.92. The lowest BCUT2D eigenvalue weighted by Crippen LogP contribution is -1.97. The Labute approximate surface area is 143 Å². The van der Waals surface area contributed by atoms with Gasteiger partial charge in [0.1, 0.15) is 17.2 Å². The zero-order chi connectivity index (χ0) is 16.7. The molecule has 120 valence electrons. The largest absolute Gasteiger partial charge is 0.297 e. The number of aryl methyl sites for hydroxylation is 2. The van der Waals surface area contributed by atoms with E-state index in [9.17, 15) is 0 Å². The van der Waals surface area contributed by atoms with E-state index in [-0.39, 0.29) is 0 Å². The van der Waals surface area contributed by atoms with Crippen molar-refractivity contribution in [3.63, 3.8) is 0 Å². The lowest BCUT2D eigenvalue weighted by molar-refractivity contribution is 0.786. The van der Waals surface area contributed by atoms with Gasteiger partial charge >= 0.3 is 0 Å². The van der Waals surface area contributed by atoms with Crippen LogP contribution in [0.5, 0.6) is 0 Å². The number of hydrogen-bond donors (Lipinski definition) is 0. The number of imidazole rings is 1. The summed E-state index contributed by atoms with van der Waals surface area (Å²) in [6.45, 7) is 2.14.